The summed E-state index contributed by atoms with van der Waals surface area (Å²) in [5.74, 6) is -1.77. The molecular weight excluding hydrogens is 344 g/mol. The molecule has 3 unspecified atom stereocenters. The molecule has 1 amide bonds. The number of halogens is 1. The first-order chi connectivity index (χ1) is 11.8. The van der Waals surface area contributed by atoms with Crippen molar-refractivity contribution in [3.63, 3.8) is 0 Å². The van der Waals surface area contributed by atoms with E-state index in [0.29, 0.717) is 10.7 Å². The number of hydrogen-bond acceptors (Lipinski definition) is 4. The molecule has 1 aromatic heterocycles. The van der Waals surface area contributed by atoms with Gasteiger partial charge in [0.05, 0.1) is 10.5 Å². The smallest absolute Gasteiger partial charge is 0.326 e. The Hall–Kier alpha value is -2.09. The molecule has 25 heavy (non-hydrogen) atoms. The number of benzene rings is 1. The van der Waals surface area contributed by atoms with Gasteiger partial charge in [-0.3, -0.25) is 15.6 Å². The molecule has 8 heteroatoms. The van der Waals surface area contributed by atoms with Crippen molar-refractivity contribution in [1.29, 1.82) is 0 Å². The van der Waals surface area contributed by atoms with Crippen LogP contribution in [0.15, 0.2) is 24.3 Å². The minimum absolute atomic E-state index is 0.0849. The van der Waals surface area contributed by atoms with Crippen molar-refractivity contribution in [2.45, 2.75) is 32.0 Å². The summed E-state index contributed by atoms with van der Waals surface area (Å²) in [4.78, 5) is 24.5. The van der Waals surface area contributed by atoms with Crippen LogP contribution in [0.2, 0.25) is 5.02 Å². The highest BCUT2D eigenvalue weighted by atomic mass is 35.5. The van der Waals surface area contributed by atoms with Crippen LogP contribution in [-0.4, -0.2) is 39.7 Å². The minimum atomic E-state index is -1.06. The first-order valence-corrected chi connectivity index (χ1v) is 8.47. The van der Waals surface area contributed by atoms with Crippen LogP contribution < -0.4 is 16.2 Å². The van der Waals surface area contributed by atoms with Gasteiger partial charge in [0.25, 0.3) is 5.91 Å². The molecule has 3 atom stereocenters. The molecule has 2 aromatic rings. The van der Waals surface area contributed by atoms with Gasteiger partial charge in [-0.25, -0.2) is 4.79 Å². The molecular formula is C17H21ClN4O3. The molecule has 1 aliphatic heterocycles. The molecule has 0 aliphatic carbocycles. The number of para-hydroxylation sites is 1. The zero-order valence-electron chi connectivity index (χ0n) is 14.2. The zero-order chi connectivity index (χ0) is 18.3. The van der Waals surface area contributed by atoms with Crippen molar-refractivity contribution in [1.82, 2.24) is 20.7 Å². The maximum atomic E-state index is 12.8. The van der Waals surface area contributed by atoms with Crippen LogP contribution in [0.25, 0.3) is 10.9 Å². The van der Waals surface area contributed by atoms with Crippen LogP contribution in [-0.2, 0) is 11.8 Å². The molecule has 1 saturated heterocycles. The third kappa shape index (κ3) is 3.10. The second-order valence-corrected chi connectivity index (χ2v) is 6.91. The van der Waals surface area contributed by atoms with Gasteiger partial charge in [0.15, 0.2) is 0 Å². The van der Waals surface area contributed by atoms with Gasteiger partial charge >= 0.3 is 5.97 Å². The Morgan fingerprint density at radius 3 is 2.48 bits per heavy atom. The zero-order valence-corrected chi connectivity index (χ0v) is 15.0. The van der Waals surface area contributed by atoms with E-state index in [1.54, 1.807) is 23.7 Å². The number of aromatic nitrogens is 1. The number of carbonyl (C=O) groups excluding carboxylic acids is 1. The van der Waals surface area contributed by atoms with E-state index < -0.39 is 17.9 Å². The molecule has 0 saturated carbocycles. The van der Waals surface area contributed by atoms with Gasteiger partial charge in [0.2, 0.25) is 0 Å². The highest BCUT2D eigenvalue weighted by Gasteiger charge is 2.41. The summed E-state index contributed by atoms with van der Waals surface area (Å²) >= 11 is 6.22. The largest absolute Gasteiger partial charge is 0.480 e. The van der Waals surface area contributed by atoms with E-state index in [2.05, 4.69) is 16.2 Å². The van der Waals surface area contributed by atoms with E-state index in [1.165, 1.54) is 0 Å². The summed E-state index contributed by atoms with van der Waals surface area (Å²) in [5.41, 5.74) is 7.15. The Kier molecular flexibility index (Phi) is 4.73. The molecule has 0 bridgehead atoms. The van der Waals surface area contributed by atoms with Crippen molar-refractivity contribution in [2.24, 2.45) is 13.0 Å². The Labute approximate surface area is 150 Å². The van der Waals surface area contributed by atoms with Gasteiger partial charge in [0, 0.05) is 30.4 Å². The monoisotopic (exact) mass is 364 g/mol. The summed E-state index contributed by atoms with van der Waals surface area (Å²) < 4.78 is 1.68. The number of aliphatic carboxylic acids is 1. The summed E-state index contributed by atoms with van der Waals surface area (Å²) in [7, 11) is 1.74. The fourth-order valence-electron chi connectivity index (χ4n) is 3.59. The van der Waals surface area contributed by atoms with Crippen molar-refractivity contribution < 1.29 is 14.7 Å². The fraction of sp³-hybridized carbons (Fsp3) is 0.412. The summed E-state index contributed by atoms with van der Waals surface area (Å²) in [6, 6.07) is 5.97. The Balaban J connectivity index is 1.91. The highest BCUT2D eigenvalue weighted by Crippen LogP contribution is 2.26. The number of carboxylic acid groups (broad SMARTS) is 1. The minimum Gasteiger partial charge on any atom is -0.480 e. The number of nitrogens with zero attached hydrogens (tertiary/aromatic N) is 1. The quantitative estimate of drug-likeness (QED) is 0.659. The maximum absolute atomic E-state index is 12.8. The number of fused-ring (bicyclic) bond motifs is 1. The molecule has 1 fully saturated rings. The number of carboxylic acids is 1. The molecule has 134 valence electrons. The summed E-state index contributed by atoms with van der Waals surface area (Å²) in [5, 5.41) is 13.7. The first kappa shape index (κ1) is 17.7. The van der Waals surface area contributed by atoms with Crippen LogP contribution in [0.3, 0.4) is 0 Å². The lowest BCUT2D eigenvalue weighted by molar-refractivity contribution is -0.141. The molecule has 4 N–H and O–H groups in total. The number of hydrogen-bond donors (Lipinski definition) is 4. The van der Waals surface area contributed by atoms with Crippen molar-refractivity contribution in [3.8, 4) is 0 Å². The van der Waals surface area contributed by atoms with Gasteiger partial charge in [-0.15, -0.1) is 0 Å². The number of nitrogens with one attached hydrogen (secondary N) is 3. The van der Waals surface area contributed by atoms with Crippen LogP contribution in [0, 0.1) is 5.92 Å². The normalized spacial score (nSPS) is 24.4. The van der Waals surface area contributed by atoms with Crippen molar-refractivity contribution >= 4 is 34.4 Å². The SMILES string of the molecule is CC1NNC(C)C1C(NC(=O)c1cc2cccc(Cl)c2n1C)C(=O)O. The van der Waals surface area contributed by atoms with E-state index in [-0.39, 0.29) is 18.0 Å². The van der Waals surface area contributed by atoms with E-state index in [4.69, 9.17) is 11.6 Å². The van der Waals surface area contributed by atoms with Crippen LogP contribution >= 0.6 is 11.6 Å². The Bertz CT molecular complexity index is 825. The topological polar surface area (TPSA) is 95.4 Å². The van der Waals surface area contributed by atoms with E-state index in [0.717, 1.165) is 10.9 Å². The van der Waals surface area contributed by atoms with Gasteiger partial charge in [-0.1, -0.05) is 23.7 Å². The van der Waals surface area contributed by atoms with Crippen LogP contribution in [0.4, 0.5) is 0 Å². The molecule has 1 aromatic carbocycles. The van der Waals surface area contributed by atoms with Crippen molar-refractivity contribution in [2.75, 3.05) is 0 Å². The lowest BCUT2D eigenvalue weighted by Gasteiger charge is -2.26. The Morgan fingerprint density at radius 2 is 1.92 bits per heavy atom. The number of aryl methyl sites for hydroxylation is 1. The molecule has 2 heterocycles. The molecule has 0 spiro atoms. The number of rotatable bonds is 4. The highest BCUT2D eigenvalue weighted by molar-refractivity contribution is 6.35. The Morgan fingerprint density at radius 1 is 1.28 bits per heavy atom. The van der Waals surface area contributed by atoms with E-state index in [1.807, 2.05) is 26.0 Å². The summed E-state index contributed by atoms with van der Waals surface area (Å²) in [6.07, 6.45) is 0. The maximum Gasteiger partial charge on any atom is 0.326 e. The molecule has 3 rings (SSSR count). The third-order valence-corrected chi connectivity index (χ3v) is 5.18. The van der Waals surface area contributed by atoms with Gasteiger partial charge < -0.3 is 15.0 Å². The number of amides is 1. The molecule has 1 aliphatic rings. The molecule has 0 radical (unpaired) electrons. The van der Waals surface area contributed by atoms with E-state index in [9.17, 15) is 14.7 Å². The summed E-state index contributed by atoms with van der Waals surface area (Å²) in [6.45, 7) is 3.78. The second-order valence-electron chi connectivity index (χ2n) is 6.50. The number of carbonyl (C=O) groups is 2. The molecule has 7 nitrogen and oxygen atoms in total. The predicted molar refractivity (Wildman–Crippen MR) is 95.5 cm³/mol. The fourth-order valence-corrected chi connectivity index (χ4v) is 3.90. The van der Waals surface area contributed by atoms with Crippen LogP contribution in [0.5, 0.6) is 0 Å². The van der Waals surface area contributed by atoms with E-state index >= 15 is 0 Å². The first-order valence-electron chi connectivity index (χ1n) is 8.10. The van der Waals surface area contributed by atoms with Gasteiger partial charge in [0.1, 0.15) is 11.7 Å². The van der Waals surface area contributed by atoms with Gasteiger partial charge in [-0.05, 0) is 26.0 Å². The average Bonchev–Trinajstić information content (AvgIpc) is 3.06. The van der Waals surface area contributed by atoms with Gasteiger partial charge in [-0.2, -0.15) is 0 Å². The number of hydrazine groups is 1. The lowest BCUT2D eigenvalue weighted by atomic mass is 9.88. The van der Waals surface area contributed by atoms with Crippen LogP contribution in [0.1, 0.15) is 24.3 Å². The second kappa shape index (κ2) is 6.67. The third-order valence-electron chi connectivity index (χ3n) is 4.87. The standard InChI is InChI=1S/C17H21ClN4O3/c1-8-13(9(2)21-20-8)14(17(24)25)19-16(23)12-7-10-5-4-6-11(18)15(10)22(12)3/h4-9,13-14,20-21H,1-3H3,(H,19,23)(H,24,25). The average molecular weight is 365 g/mol. The van der Waals surface area contributed by atoms with Crippen molar-refractivity contribution in [3.05, 3.63) is 35.0 Å². The predicted octanol–water partition coefficient (Wildman–Crippen LogP) is 1.52. The lowest BCUT2D eigenvalue weighted by Crippen LogP contribution is -2.51.